The number of rotatable bonds is 0. The van der Waals surface area contributed by atoms with Crippen LogP contribution in [0.2, 0.25) is 0 Å². The molecule has 1 N–H and O–H groups in total. The first-order chi connectivity index (χ1) is 3.10. The molecule has 0 aromatic rings. The van der Waals surface area contributed by atoms with Gasteiger partial charge in [-0.15, -0.1) is 4.92 Å². The molecule has 0 aliphatic carbocycles. The second-order valence-corrected chi connectivity index (χ2v) is 1.28. The summed E-state index contributed by atoms with van der Waals surface area (Å²) in [6.45, 7) is 0. The molecular weight excluding hydrogens is 102 g/mol. The van der Waals surface area contributed by atoms with Crippen LogP contribution in [-0.2, 0) is 4.94 Å². The van der Waals surface area contributed by atoms with Crippen molar-refractivity contribution in [1.29, 1.82) is 0 Å². The van der Waals surface area contributed by atoms with Gasteiger partial charge >= 0.3 is 0 Å². The van der Waals surface area contributed by atoms with E-state index in [0.717, 1.165) is 7.05 Å². The molecule has 0 saturated carbocycles. The molecule has 6 heteroatoms. The summed E-state index contributed by atoms with van der Waals surface area (Å²) in [5.41, 5.74) is 1.82. The molecule has 0 radical (unpaired) electrons. The smallest absolute Gasteiger partial charge is 0.121 e. The normalized spacial score (nSPS) is 43.3. The lowest BCUT2D eigenvalue weighted by molar-refractivity contribution is -1.20. The Kier molecular flexibility index (Phi) is 0.790. The van der Waals surface area contributed by atoms with Gasteiger partial charge in [-0.3, -0.25) is 0 Å². The highest BCUT2D eigenvalue weighted by Crippen LogP contribution is 2.07. The van der Waals surface area contributed by atoms with E-state index in [9.17, 15) is 10.4 Å². The fourth-order valence-corrected chi connectivity index (χ4v) is 0.294. The van der Waals surface area contributed by atoms with Gasteiger partial charge in [0, 0.05) is 0 Å². The van der Waals surface area contributed by atoms with Crippen LogP contribution >= 0.6 is 0 Å². The number of hydrogen-bond acceptors (Lipinski definition) is 5. The maximum atomic E-state index is 10.1. The van der Waals surface area contributed by atoms with Gasteiger partial charge in [0.05, 0.1) is 0 Å². The minimum atomic E-state index is -1.15. The fourth-order valence-electron chi connectivity index (χ4n) is 0.294. The van der Waals surface area contributed by atoms with Crippen molar-refractivity contribution in [2.24, 2.45) is 0 Å². The molecule has 6 nitrogen and oxygen atoms in total. The van der Waals surface area contributed by atoms with Gasteiger partial charge < -0.3 is 10.4 Å². The van der Waals surface area contributed by atoms with E-state index in [-0.39, 0.29) is 5.34 Å². The molecule has 1 atom stereocenters. The average molecular weight is 106 g/mol. The molecular formula is CH4N3O3-. The second kappa shape index (κ2) is 1.13. The molecule has 1 heterocycles. The summed E-state index contributed by atoms with van der Waals surface area (Å²) < 4.78 is 0. The summed E-state index contributed by atoms with van der Waals surface area (Å²) in [6.07, 6.45) is 0. The van der Waals surface area contributed by atoms with Crippen LogP contribution in [-0.4, -0.2) is 17.3 Å². The van der Waals surface area contributed by atoms with Gasteiger partial charge in [0.1, 0.15) is 7.05 Å². The van der Waals surface area contributed by atoms with Crippen LogP contribution < -0.4 is 5.53 Å². The molecule has 0 spiro atoms. The minimum Gasteiger partial charge on any atom is -0.740 e. The first-order valence-electron chi connectivity index (χ1n) is 1.62. The van der Waals surface area contributed by atoms with Crippen molar-refractivity contribution >= 4 is 0 Å². The van der Waals surface area contributed by atoms with E-state index in [1.807, 2.05) is 5.53 Å². The van der Waals surface area contributed by atoms with Crippen molar-refractivity contribution in [1.82, 2.24) is 10.9 Å². The Bertz CT molecular complexity index is 74.2. The number of hydroxylamine groups is 2. The van der Waals surface area contributed by atoms with Crippen LogP contribution in [0.5, 0.6) is 0 Å². The highest BCUT2D eigenvalue weighted by molar-refractivity contribution is 4.25. The highest BCUT2D eigenvalue weighted by atomic mass is 17.2. The Labute approximate surface area is 39.5 Å². The average Bonchev–Trinajstić information content (AvgIpc) is 1.27. The Morgan fingerprint density at radius 3 is 2.29 bits per heavy atom. The van der Waals surface area contributed by atoms with Crippen LogP contribution in [0.15, 0.2) is 0 Å². The predicted octanol–water partition coefficient (Wildman–Crippen LogP) is -0.990. The van der Waals surface area contributed by atoms with Crippen molar-refractivity contribution in [3.8, 4) is 0 Å². The van der Waals surface area contributed by atoms with Gasteiger partial charge in [-0.2, -0.15) is 0 Å². The van der Waals surface area contributed by atoms with Crippen molar-refractivity contribution in [2.45, 2.75) is 0 Å². The maximum absolute atomic E-state index is 10.1. The van der Waals surface area contributed by atoms with Gasteiger partial charge in [-0.05, 0) is 5.53 Å². The van der Waals surface area contributed by atoms with E-state index < -0.39 is 4.92 Å². The molecule has 1 aliphatic heterocycles. The zero-order valence-corrected chi connectivity index (χ0v) is 3.62. The molecule has 1 saturated heterocycles. The van der Waals surface area contributed by atoms with Gasteiger partial charge in [0.25, 0.3) is 0 Å². The third-order valence-electron chi connectivity index (χ3n) is 0.493. The van der Waals surface area contributed by atoms with E-state index in [0.29, 0.717) is 0 Å². The van der Waals surface area contributed by atoms with Crippen molar-refractivity contribution in [3.05, 3.63) is 10.4 Å². The SMILES string of the molecule is C[N+]1([O-])NN([O-])O1. The molecule has 1 aliphatic rings. The molecule has 7 heavy (non-hydrogen) atoms. The van der Waals surface area contributed by atoms with Gasteiger partial charge in [0.15, 0.2) is 0 Å². The molecule has 1 unspecified atom stereocenters. The van der Waals surface area contributed by atoms with Gasteiger partial charge in [0.2, 0.25) is 0 Å². The third-order valence-corrected chi connectivity index (χ3v) is 0.493. The van der Waals surface area contributed by atoms with E-state index in [4.69, 9.17) is 0 Å². The molecule has 1 fully saturated rings. The summed E-state index contributed by atoms with van der Waals surface area (Å²) in [6, 6.07) is 0. The first kappa shape index (κ1) is 4.91. The summed E-state index contributed by atoms with van der Waals surface area (Å²) in [5, 5.41) is 19.8. The molecule has 1 rings (SSSR count). The van der Waals surface area contributed by atoms with Gasteiger partial charge in [-0.25, -0.2) is 0 Å². The van der Waals surface area contributed by atoms with Crippen LogP contribution in [0.4, 0.5) is 0 Å². The zero-order valence-electron chi connectivity index (χ0n) is 3.62. The second-order valence-electron chi connectivity index (χ2n) is 1.28. The Balaban J connectivity index is 2.29. The minimum absolute atomic E-state index is 0.00694. The first-order valence-corrected chi connectivity index (χ1v) is 1.62. The lowest BCUT2D eigenvalue weighted by atomic mass is 11.4. The Morgan fingerprint density at radius 2 is 2.29 bits per heavy atom. The molecule has 0 amide bonds. The monoisotopic (exact) mass is 106 g/mol. The number of hydrazine groups is 1. The molecule has 0 bridgehead atoms. The number of quaternary nitrogens is 1. The standard InChI is InChI=1S/CH4N3O3/c1-4(6)2-3(5)7-4/h2H,1H3/q-1. The van der Waals surface area contributed by atoms with E-state index in [1.165, 1.54) is 0 Å². The maximum Gasteiger partial charge on any atom is 0.121 e. The van der Waals surface area contributed by atoms with E-state index in [1.54, 1.807) is 0 Å². The predicted molar refractivity (Wildman–Crippen MR) is 19.0 cm³/mol. The summed E-state index contributed by atoms with van der Waals surface area (Å²) in [5.74, 6) is 0. The number of hydrogen-bond donors (Lipinski definition) is 1. The quantitative estimate of drug-likeness (QED) is 0.317. The van der Waals surface area contributed by atoms with Crippen molar-refractivity contribution in [3.63, 3.8) is 0 Å². The fraction of sp³-hybridized carbons (Fsp3) is 1.00. The van der Waals surface area contributed by atoms with E-state index in [2.05, 4.69) is 4.94 Å². The van der Waals surface area contributed by atoms with Gasteiger partial charge in [-0.1, -0.05) is 10.3 Å². The largest absolute Gasteiger partial charge is 0.740 e. The lowest BCUT2D eigenvalue weighted by Gasteiger charge is -2.49. The molecule has 0 aromatic heterocycles. The lowest BCUT2D eigenvalue weighted by Crippen LogP contribution is -2.69. The topological polar surface area (TPSA) is 70.6 Å². The van der Waals surface area contributed by atoms with Crippen LogP contribution in [0, 0.1) is 10.4 Å². The Hall–Kier alpha value is -0.240. The summed E-state index contributed by atoms with van der Waals surface area (Å²) >= 11 is 0. The number of nitrogens with one attached hydrogen (secondary N) is 1. The summed E-state index contributed by atoms with van der Waals surface area (Å²) in [7, 11) is 1.15. The zero-order chi connectivity index (χ0) is 5.49. The molecule has 42 valence electrons. The van der Waals surface area contributed by atoms with Crippen LogP contribution in [0.1, 0.15) is 0 Å². The van der Waals surface area contributed by atoms with E-state index >= 15 is 0 Å². The van der Waals surface area contributed by atoms with Crippen LogP contribution in [0.25, 0.3) is 0 Å². The third kappa shape index (κ3) is 0.855. The highest BCUT2D eigenvalue weighted by Gasteiger charge is 2.25. The summed E-state index contributed by atoms with van der Waals surface area (Å²) in [4.78, 5) is 2.73. The van der Waals surface area contributed by atoms with Crippen molar-refractivity contribution < 1.29 is 9.86 Å². The number of nitrogens with zero attached hydrogens (tertiary/aromatic N) is 2. The van der Waals surface area contributed by atoms with Crippen molar-refractivity contribution in [2.75, 3.05) is 7.05 Å². The Morgan fingerprint density at radius 1 is 1.86 bits per heavy atom. The van der Waals surface area contributed by atoms with Crippen LogP contribution in [0.3, 0.4) is 0 Å². The molecule has 0 aromatic carbocycles.